The van der Waals surface area contributed by atoms with Crippen LogP contribution < -0.4 is 15.1 Å². The van der Waals surface area contributed by atoms with E-state index >= 15 is 0 Å². The number of ether oxygens (including phenoxy) is 1. The number of nitrogens with zero attached hydrogens (tertiary/aromatic N) is 3. The topological polar surface area (TPSA) is 91.4 Å². The lowest BCUT2D eigenvalue weighted by atomic mass is 10.2. The second-order valence-corrected chi connectivity index (χ2v) is 6.96. The molecule has 2 heterocycles. The molecule has 29 heavy (non-hydrogen) atoms. The Balaban J connectivity index is 1.66. The van der Waals surface area contributed by atoms with Gasteiger partial charge in [-0.2, -0.15) is 0 Å². The van der Waals surface area contributed by atoms with Gasteiger partial charge in [0.05, 0.1) is 37.1 Å². The Morgan fingerprint density at radius 2 is 2.24 bits per heavy atom. The number of rotatable bonds is 8. The molecule has 2 atom stereocenters. The van der Waals surface area contributed by atoms with Crippen molar-refractivity contribution in [3.05, 3.63) is 24.0 Å². The number of anilines is 2. The summed E-state index contributed by atoms with van der Waals surface area (Å²) in [4.78, 5) is 42.8. The molecule has 158 valence electrons. The molecule has 1 aromatic carbocycles. The van der Waals surface area contributed by atoms with Crippen LogP contribution in [-0.2, 0) is 19.2 Å². The van der Waals surface area contributed by atoms with E-state index in [1.54, 1.807) is 19.1 Å². The van der Waals surface area contributed by atoms with E-state index in [4.69, 9.17) is 9.57 Å². The van der Waals surface area contributed by atoms with Gasteiger partial charge in [0.2, 0.25) is 12.3 Å². The number of carbonyl (C=O) groups is 3. The molecule has 2 aliphatic heterocycles. The van der Waals surface area contributed by atoms with Gasteiger partial charge in [-0.3, -0.25) is 19.3 Å². The minimum Gasteiger partial charge on any atom is -0.442 e. The normalized spacial score (nSPS) is 21.3. The van der Waals surface area contributed by atoms with Crippen molar-refractivity contribution in [2.45, 2.75) is 32.4 Å². The van der Waals surface area contributed by atoms with Crippen LogP contribution in [0.1, 0.15) is 20.3 Å². The Kier molecular flexibility index (Phi) is 6.53. The SMILES string of the molecule is CCON(C=O)C1CCN(c2ccc(N3CC(CNC(C)=O)OC3=O)cc2F)C1. The summed E-state index contributed by atoms with van der Waals surface area (Å²) >= 11 is 0. The molecule has 2 unspecified atom stereocenters. The largest absolute Gasteiger partial charge is 0.442 e. The summed E-state index contributed by atoms with van der Waals surface area (Å²) in [5.41, 5.74) is 0.794. The minimum absolute atomic E-state index is 0.144. The summed E-state index contributed by atoms with van der Waals surface area (Å²) in [5.74, 6) is -0.674. The summed E-state index contributed by atoms with van der Waals surface area (Å²) in [6.07, 6.45) is 0.255. The first kappa shape index (κ1) is 20.8. The van der Waals surface area contributed by atoms with Gasteiger partial charge in [0.1, 0.15) is 11.9 Å². The fraction of sp³-hybridized carbons (Fsp3) is 0.526. The number of nitrogens with one attached hydrogen (secondary N) is 1. The second kappa shape index (κ2) is 9.08. The molecule has 3 amide bonds. The van der Waals surface area contributed by atoms with E-state index in [-0.39, 0.29) is 25.0 Å². The molecule has 0 aromatic heterocycles. The fourth-order valence-corrected chi connectivity index (χ4v) is 3.56. The Hall–Kier alpha value is -2.88. The van der Waals surface area contributed by atoms with E-state index < -0.39 is 18.0 Å². The van der Waals surface area contributed by atoms with Crippen molar-refractivity contribution >= 4 is 29.8 Å². The van der Waals surface area contributed by atoms with Crippen LogP contribution in [0.3, 0.4) is 0 Å². The van der Waals surface area contributed by atoms with Gasteiger partial charge in [-0.05, 0) is 31.5 Å². The summed E-state index contributed by atoms with van der Waals surface area (Å²) < 4.78 is 20.0. The Labute approximate surface area is 168 Å². The third-order valence-corrected chi connectivity index (χ3v) is 4.94. The zero-order chi connectivity index (χ0) is 21.0. The average molecular weight is 408 g/mol. The van der Waals surface area contributed by atoms with Gasteiger partial charge in [-0.25, -0.2) is 14.2 Å². The lowest BCUT2D eigenvalue weighted by Crippen LogP contribution is -2.36. The Morgan fingerprint density at radius 1 is 1.45 bits per heavy atom. The predicted molar refractivity (Wildman–Crippen MR) is 103 cm³/mol. The lowest BCUT2D eigenvalue weighted by Gasteiger charge is -2.24. The molecule has 1 aromatic rings. The molecule has 2 aliphatic rings. The number of halogens is 1. The minimum atomic E-state index is -0.577. The summed E-state index contributed by atoms with van der Waals surface area (Å²) in [6.45, 7) is 5.04. The quantitative estimate of drug-likeness (QED) is 0.515. The molecule has 0 spiro atoms. The highest BCUT2D eigenvalue weighted by Gasteiger charge is 2.34. The highest BCUT2D eigenvalue weighted by atomic mass is 19.1. The van der Waals surface area contributed by atoms with Crippen LogP contribution in [0.2, 0.25) is 0 Å². The van der Waals surface area contributed by atoms with E-state index in [0.29, 0.717) is 43.9 Å². The molecule has 2 saturated heterocycles. The van der Waals surface area contributed by atoms with Crippen LogP contribution in [-0.4, -0.2) is 68.4 Å². The van der Waals surface area contributed by atoms with Crippen molar-refractivity contribution in [1.82, 2.24) is 10.4 Å². The molecule has 0 radical (unpaired) electrons. The lowest BCUT2D eigenvalue weighted by molar-refractivity contribution is -0.181. The maximum Gasteiger partial charge on any atom is 0.414 e. The van der Waals surface area contributed by atoms with Crippen molar-refractivity contribution in [1.29, 1.82) is 0 Å². The van der Waals surface area contributed by atoms with Gasteiger partial charge in [0.25, 0.3) is 0 Å². The first-order valence-electron chi connectivity index (χ1n) is 9.56. The third kappa shape index (κ3) is 4.76. The van der Waals surface area contributed by atoms with Gasteiger partial charge >= 0.3 is 6.09 Å². The summed E-state index contributed by atoms with van der Waals surface area (Å²) in [5, 5.41) is 3.88. The summed E-state index contributed by atoms with van der Waals surface area (Å²) in [7, 11) is 0. The van der Waals surface area contributed by atoms with E-state index in [2.05, 4.69) is 5.32 Å². The number of carbonyl (C=O) groups excluding carboxylic acids is 3. The van der Waals surface area contributed by atoms with Gasteiger partial charge in [0, 0.05) is 20.0 Å². The van der Waals surface area contributed by atoms with Crippen molar-refractivity contribution in [2.75, 3.05) is 42.6 Å². The van der Waals surface area contributed by atoms with E-state index in [1.807, 2.05) is 4.90 Å². The molecule has 0 bridgehead atoms. The smallest absolute Gasteiger partial charge is 0.414 e. The molecule has 0 saturated carbocycles. The Morgan fingerprint density at radius 3 is 2.90 bits per heavy atom. The maximum absolute atomic E-state index is 14.8. The number of benzene rings is 1. The van der Waals surface area contributed by atoms with E-state index in [9.17, 15) is 18.8 Å². The van der Waals surface area contributed by atoms with Crippen molar-refractivity contribution in [3.63, 3.8) is 0 Å². The molecule has 10 heteroatoms. The van der Waals surface area contributed by atoms with Gasteiger partial charge < -0.3 is 15.0 Å². The van der Waals surface area contributed by atoms with E-state index in [0.717, 1.165) is 0 Å². The molecular weight excluding hydrogens is 383 g/mol. The fourth-order valence-electron chi connectivity index (χ4n) is 3.56. The summed E-state index contributed by atoms with van der Waals surface area (Å²) in [6, 6.07) is 4.43. The van der Waals surface area contributed by atoms with Crippen molar-refractivity contribution < 1.29 is 28.3 Å². The molecule has 9 nitrogen and oxygen atoms in total. The maximum atomic E-state index is 14.8. The standard InChI is InChI=1S/C19H25FN4O5/c1-3-28-24(12-25)15-6-7-22(10-15)18-5-4-14(8-17(18)20)23-11-16(29-19(23)27)9-21-13(2)26/h4-5,8,12,15-16H,3,6-7,9-11H2,1-2H3,(H,21,26). The average Bonchev–Trinajstić information content (AvgIpc) is 3.31. The zero-order valence-corrected chi connectivity index (χ0v) is 16.5. The first-order chi connectivity index (χ1) is 13.9. The number of hydroxylamine groups is 2. The van der Waals surface area contributed by atoms with Gasteiger partial charge in [-0.1, -0.05) is 0 Å². The van der Waals surface area contributed by atoms with Crippen LogP contribution in [0.25, 0.3) is 0 Å². The first-order valence-corrected chi connectivity index (χ1v) is 9.56. The predicted octanol–water partition coefficient (Wildman–Crippen LogP) is 1.28. The molecule has 0 aliphatic carbocycles. The molecule has 1 N–H and O–H groups in total. The monoisotopic (exact) mass is 408 g/mol. The molecular formula is C19H25FN4O5. The highest BCUT2D eigenvalue weighted by Crippen LogP contribution is 2.30. The van der Waals surface area contributed by atoms with Crippen molar-refractivity contribution in [3.8, 4) is 0 Å². The second-order valence-electron chi connectivity index (χ2n) is 6.96. The number of hydrogen-bond acceptors (Lipinski definition) is 6. The van der Waals surface area contributed by atoms with Gasteiger partial charge in [0.15, 0.2) is 0 Å². The van der Waals surface area contributed by atoms with Gasteiger partial charge in [-0.15, -0.1) is 0 Å². The van der Waals surface area contributed by atoms with Crippen molar-refractivity contribution in [2.24, 2.45) is 0 Å². The zero-order valence-electron chi connectivity index (χ0n) is 16.5. The number of cyclic esters (lactones) is 1. The van der Waals surface area contributed by atoms with E-state index in [1.165, 1.54) is 23.0 Å². The molecule has 3 rings (SSSR count). The van der Waals surface area contributed by atoms with Crippen LogP contribution in [0.5, 0.6) is 0 Å². The third-order valence-electron chi connectivity index (χ3n) is 4.94. The van der Waals surface area contributed by atoms with Crippen LogP contribution in [0.15, 0.2) is 18.2 Å². The van der Waals surface area contributed by atoms with Crippen LogP contribution >= 0.6 is 0 Å². The number of hydrogen-bond donors (Lipinski definition) is 1. The van der Waals surface area contributed by atoms with Crippen LogP contribution in [0, 0.1) is 5.82 Å². The number of amides is 3. The molecule has 2 fully saturated rings. The highest BCUT2D eigenvalue weighted by molar-refractivity contribution is 5.90. The Bertz CT molecular complexity index is 777. The van der Waals surface area contributed by atoms with Crippen LogP contribution in [0.4, 0.5) is 20.6 Å².